The second-order valence-electron chi connectivity index (χ2n) is 4.02. The van der Waals surface area contributed by atoms with E-state index in [2.05, 4.69) is 10.6 Å². The number of anilines is 3. The molecular formula is C14H14ClN3O2. The lowest BCUT2D eigenvalue weighted by atomic mass is 10.2. The van der Waals surface area contributed by atoms with E-state index in [0.29, 0.717) is 27.8 Å². The third-order valence-electron chi connectivity index (χ3n) is 2.61. The number of halogens is 1. The molecule has 0 heterocycles. The van der Waals surface area contributed by atoms with E-state index in [9.17, 15) is 4.79 Å². The minimum Gasteiger partial charge on any atom is -0.495 e. The van der Waals surface area contributed by atoms with Crippen molar-refractivity contribution < 1.29 is 9.53 Å². The zero-order valence-electron chi connectivity index (χ0n) is 10.8. The molecule has 0 aliphatic heterocycles. The van der Waals surface area contributed by atoms with Crippen molar-refractivity contribution in [3.63, 3.8) is 0 Å². The first-order valence-electron chi connectivity index (χ1n) is 5.86. The number of ether oxygens (including phenoxy) is 1. The predicted octanol–water partition coefficient (Wildman–Crippen LogP) is 3.57. The molecule has 0 unspecified atom stereocenters. The third kappa shape index (κ3) is 3.33. The van der Waals surface area contributed by atoms with E-state index >= 15 is 0 Å². The van der Waals surface area contributed by atoms with Crippen LogP contribution in [0.1, 0.15) is 0 Å². The molecule has 0 radical (unpaired) electrons. The van der Waals surface area contributed by atoms with Gasteiger partial charge in [0.2, 0.25) is 0 Å². The van der Waals surface area contributed by atoms with Gasteiger partial charge in [-0.25, -0.2) is 4.79 Å². The fourth-order valence-electron chi connectivity index (χ4n) is 1.66. The van der Waals surface area contributed by atoms with Gasteiger partial charge in [-0.2, -0.15) is 0 Å². The largest absolute Gasteiger partial charge is 0.495 e. The normalized spacial score (nSPS) is 9.90. The Hall–Kier alpha value is -2.40. The van der Waals surface area contributed by atoms with E-state index in [4.69, 9.17) is 22.1 Å². The molecule has 0 bridgehead atoms. The maximum absolute atomic E-state index is 11.8. The maximum Gasteiger partial charge on any atom is 0.323 e. The second-order valence-corrected chi connectivity index (χ2v) is 4.42. The Balaban J connectivity index is 2.05. The minimum atomic E-state index is -0.400. The number of methoxy groups -OCH3 is 1. The van der Waals surface area contributed by atoms with Crippen LogP contribution in [0.4, 0.5) is 21.9 Å². The van der Waals surface area contributed by atoms with Crippen molar-refractivity contribution in [3.05, 3.63) is 47.5 Å². The lowest BCUT2D eigenvalue weighted by Gasteiger charge is -2.10. The number of hydrogen-bond acceptors (Lipinski definition) is 3. The number of hydrogen-bond donors (Lipinski definition) is 3. The Morgan fingerprint density at radius 3 is 2.60 bits per heavy atom. The van der Waals surface area contributed by atoms with Crippen LogP contribution in [0.25, 0.3) is 0 Å². The van der Waals surface area contributed by atoms with Crippen molar-refractivity contribution in [1.29, 1.82) is 0 Å². The summed E-state index contributed by atoms with van der Waals surface area (Å²) in [4.78, 5) is 11.8. The van der Waals surface area contributed by atoms with Crippen LogP contribution in [0.2, 0.25) is 5.02 Å². The van der Waals surface area contributed by atoms with Crippen molar-refractivity contribution in [3.8, 4) is 5.75 Å². The average Bonchev–Trinajstić information content (AvgIpc) is 2.41. The number of nitrogen functional groups attached to an aromatic ring is 1. The van der Waals surface area contributed by atoms with Gasteiger partial charge < -0.3 is 21.1 Å². The van der Waals surface area contributed by atoms with Gasteiger partial charge in [0.05, 0.1) is 23.5 Å². The molecule has 0 saturated heterocycles. The summed E-state index contributed by atoms with van der Waals surface area (Å²) in [6, 6.07) is 11.6. The van der Waals surface area contributed by atoms with Crippen LogP contribution >= 0.6 is 11.6 Å². The van der Waals surface area contributed by atoms with Crippen molar-refractivity contribution in [1.82, 2.24) is 0 Å². The van der Waals surface area contributed by atoms with Gasteiger partial charge in [-0.15, -0.1) is 0 Å². The highest BCUT2D eigenvalue weighted by molar-refractivity contribution is 6.33. The maximum atomic E-state index is 11.8. The third-order valence-corrected chi connectivity index (χ3v) is 2.94. The summed E-state index contributed by atoms with van der Waals surface area (Å²) >= 11 is 5.96. The molecule has 6 heteroatoms. The number of carbonyl (C=O) groups is 1. The summed E-state index contributed by atoms with van der Waals surface area (Å²) in [6.07, 6.45) is 0. The van der Waals surface area contributed by atoms with Crippen LogP contribution in [0, 0.1) is 0 Å². The lowest BCUT2D eigenvalue weighted by Crippen LogP contribution is -2.19. The molecule has 0 aliphatic rings. The summed E-state index contributed by atoms with van der Waals surface area (Å²) in [5.41, 5.74) is 7.31. The van der Waals surface area contributed by atoms with Crippen molar-refractivity contribution >= 4 is 34.7 Å². The summed E-state index contributed by atoms with van der Waals surface area (Å²) < 4.78 is 5.05. The molecule has 4 N–H and O–H groups in total. The van der Waals surface area contributed by atoms with Gasteiger partial charge in [0, 0.05) is 5.69 Å². The van der Waals surface area contributed by atoms with E-state index in [1.165, 1.54) is 7.11 Å². The topological polar surface area (TPSA) is 76.4 Å². The molecule has 0 spiro atoms. The molecule has 0 atom stereocenters. The molecule has 20 heavy (non-hydrogen) atoms. The van der Waals surface area contributed by atoms with Crippen LogP contribution in [-0.2, 0) is 0 Å². The number of amides is 2. The average molecular weight is 292 g/mol. The van der Waals surface area contributed by atoms with Crippen LogP contribution in [0.15, 0.2) is 42.5 Å². The number of benzene rings is 2. The van der Waals surface area contributed by atoms with E-state index < -0.39 is 6.03 Å². The van der Waals surface area contributed by atoms with Gasteiger partial charge >= 0.3 is 6.03 Å². The number of para-hydroxylation sites is 1. The molecule has 0 aromatic heterocycles. The predicted molar refractivity (Wildman–Crippen MR) is 81.5 cm³/mol. The van der Waals surface area contributed by atoms with Crippen LogP contribution < -0.4 is 21.1 Å². The van der Waals surface area contributed by atoms with Crippen molar-refractivity contribution in [2.24, 2.45) is 0 Å². The summed E-state index contributed by atoms with van der Waals surface area (Å²) in [5.74, 6) is 0.557. The first-order valence-corrected chi connectivity index (χ1v) is 6.24. The summed E-state index contributed by atoms with van der Waals surface area (Å²) in [7, 11) is 1.53. The lowest BCUT2D eigenvalue weighted by molar-refractivity contribution is 0.262. The zero-order chi connectivity index (χ0) is 14.5. The van der Waals surface area contributed by atoms with Gasteiger partial charge in [-0.05, 0) is 30.3 Å². The zero-order valence-corrected chi connectivity index (χ0v) is 11.6. The number of urea groups is 1. The highest BCUT2D eigenvalue weighted by Crippen LogP contribution is 2.25. The number of nitrogens with one attached hydrogen (secondary N) is 2. The van der Waals surface area contributed by atoms with Crippen molar-refractivity contribution in [2.45, 2.75) is 0 Å². The summed E-state index contributed by atoms with van der Waals surface area (Å²) in [6.45, 7) is 0. The second kappa shape index (κ2) is 6.16. The van der Waals surface area contributed by atoms with Gasteiger partial charge in [0.15, 0.2) is 0 Å². The Morgan fingerprint density at radius 1 is 1.20 bits per heavy atom. The molecule has 104 valence electrons. The van der Waals surface area contributed by atoms with Crippen molar-refractivity contribution in [2.75, 3.05) is 23.5 Å². The Bertz CT molecular complexity index is 632. The molecule has 2 rings (SSSR count). The van der Waals surface area contributed by atoms with Gasteiger partial charge in [0.25, 0.3) is 0 Å². The van der Waals surface area contributed by atoms with E-state index in [1.807, 2.05) is 0 Å². The minimum absolute atomic E-state index is 0.400. The number of nitrogens with two attached hydrogens (primary N) is 1. The highest BCUT2D eigenvalue weighted by atomic mass is 35.5. The number of rotatable bonds is 3. The molecule has 2 amide bonds. The monoisotopic (exact) mass is 291 g/mol. The SMILES string of the molecule is COc1ccc(NC(=O)Nc2ccccc2Cl)cc1N. The fraction of sp³-hybridized carbons (Fsp3) is 0.0714. The van der Waals surface area contributed by atoms with Crippen LogP contribution in [0.3, 0.4) is 0 Å². The first-order chi connectivity index (χ1) is 9.60. The molecule has 5 nitrogen and oxygen atoms in total. The number of carbonyl (C=O) groups excluding carboxylic acids is 1. The molecule has 0 saturated carbocycles. The quantitative estimate of drug-likeness (QED) is 0.757. The fourth-order valence-corrected chi connectivity index (χ4v) is 1.84. The standard InChI is InChI=1S/C14H14ClN3O2/c1-20-13-7-6-9(8-11(13)16)17-14(19)18-12-5-3-2-4-10(12)15/h2-8H,16H2,1H3,(H2,17,18,19). The molecule has 2 aromatic carbocycles. The van der Waals surface area contributed by atoms with E-state index in [-0.39, 0.29) is 0 Å². The Labute approximate surface area is 121 Å². The van der Waals surface area contributed by atoms with E-state index in [1.54, 1.807) is 42.5 Å². The molecule has 0 fully saturated rings. The van der Waals surface area contributed by atoms with E-state index in [0.717, 1.165) is 0 Å². The van der Waals surface area contributed by atoms with Gasteiger partial charge in [-0.3, -0.25) is 0 Å². The molecular weight excluding hydrogens is 278 g/mol. The van der Waals surface area contributed by atoms with Crippen LogP contribution in [0.5, 0.6) is 5.75 Å². The van der Waals surface area contributed by atoms with Crippen LogP contribution in [-0.4, -0.2) is 13.1 Å². The summed E-state index contributed by atoms with van der Waals surface area (Å²) in [5, 5.41) is 5.79. The van der Waals surface area contributed by atoms with Gasteiger partial charge in [-0.1, -0.05) is 23.7 Å². The Morgan fingerprint density at radius 2 is 1.95 bits per heavy atom. The molecule has 2 aromatic rings. The smallest absolute Gasteiger partial charge is 0.323 e. The Kier molecular flexibility index (Phi) is 4.32. The molecule has 0 aliphatic carbocycles. The first kappa shape index (κ1) is 14.0. The highest BCUT2D eigenvalue weighted by Gasteiger charge is 2.07. The van der Waals surface area contributed by atoms with Gasteiger partial charge in [0.1, 0.15) is 5.75 Å².